The molecule has 4 aromatic heterocycles. The Labute approximate surface area is 201 Å². The van der Waals surface area contributed by atoms with Crippen LogP contribution in [0, 0.1) is 17.6 Å². The van der Waals surface area contributed by atoms with Crippen LogP contribution in [0.15, 0.2) is 43.0 Å². The molecule has 1 N–H and O–H groups in total. The van der Waals surface area contributed by atoms with Gasteiger partial charge in [-0.1, -0.05) is 6.92 Å². The van der Waals surface area contributed by atoms with Crippen LogP contribution in [0.25, 0.3) is 22.3 Å². The Morgan fingerprint density at radius 1 is 1.03 bits per heavy atom. The number of rotatable bonds is 5. The summed E-state index contributed by atoms with van der Waals surface area (Å²) < 4.78 is 27.3. The van der Waals surface area contributed by atoms with E-state index in [-0.39, 0.29) is 5.82 Å². The molecule has 0 amide bonds. The number of hydrogen-bond acceptors (Lipinski definition) is 7. The van der Waals surface area contributed by atoms with Crippen molar-refractivity contribution in [3.8, 4) is 11.4 Å². The van der Waals surface area contributed by atoms with Crippen LogP contribution in [0.3, 0.4) is 0 Å². The van der Waals surface area contributed by atoms with Gasteiger partial charge in [0.1, 0.15) is 17.5 Å². The average Bonchev–Trinajstić information content (AvgIpc) is 3.70. The lowest BCUT2D eigenvalue weighted by Gasteiger charge is -2.33. The van der Waals surface area contributed by atoms with E-state index in [4.69, 9.17) is 9.97 Å². The summed E-state index contributed by atoms with van der Waals surface area (Å²) in [4.78, 5) is 24.9. The molecular weight excluding hydrogens is 448 g/mol. The second kappa shape index (κ2) is 8.79. The summed E-state index contributed by atoms with van der Waals surface area (Å²) in [5, 5.41) is 3.92. The van der Waals surface area contributed by atoms with Crippen LogP contribution >= 0.6 is 0 Å². The minimum absolute atomic E-state index is 0.100. The number of halogens is 2. The van der Waals surface area contributed by atoms with Crippen LogP contribution in [0.5, 0.6) is 0 Å². The van der Waals surface area contributed by atoms with E-state index in [2.05, 4.69) is 32.1 Å². The number of nitrogens with one attached hydrogen (secondary N) is 1. The minimum atomic E-state index is -0.792. The topological polar surface area (TPSA) is 79.7 Å². The van der Waals surface area contributed by atoms with Crippen molar-refractivity contribution in [3.05, 3.63) is 60.2 Å². The normalized spacial score (nSPS) is 18.1. The highest BCUT2D eigenvalue weighted by Gasteiger charge is 2.30. The van der Waals surface area contributed by atoms with E-state index >= 15 is 0 Å². The van der Waals surface area contributed by atoms with Crippen molar-refractivity contribution in [2.24, 2.45) is 5.92 Å². The van der Waals surface area contributed by atoms with Gasteiger partial charge >= 0.3 is 0 Å². The average molecular weight is 474 g/mol. The lowest BCUT2D eigenvalue weighted by Crippen LogP contribution is -2.35. The molecule has 178 valence electrons. The van der Waals surface area contributed by atoms with Gasteiger partial charge in [-0.25, -0.2) is 28.7 Å². The third-order valence-corrected chi connectivity index (χ3v) is 6.66. The van der Waals surface area contributed by atoms with E-state index < -0.39 is 11.6 Å². The number of pyridine rings is 3. The number of piperidine rings is 1. The zero-order valence-electron chi connectivity index (χ0n) is 19.4. The smallest absolute Gasteiger partial charge is 0.168 e. The Kier molecular flexibility index (Phi) is 5.47. The van der Waals surface area contributed by atoms with Crippen LogP contribution in [0.1, 0.15) is 44.1 Å². The highest BCUT2D eigenvalue weighted by atomic mass is 19.1. The first kappa shape index (κ1) is 21.8. The fraction of sp³-hybridized carbons (Fsp3) is 0.346. The standard InChI is InChI=1S/C26H25F2N7/c1-15-3-2-8-35(14-15)26-23-19(16-4-5-16)12-29-13-21(23)32-24(34-26)17-6-7-30-22(9-17)33-25-20(28)10-18(27)11-31-25/h6-7,9-13,15-16H,2-5,8,14H2,1H3,(H,30,31,33). The number of aromatic nitrogens is 5. The molecule has 6 rings (SSSR count). The maximum Gasteiger partial charge on any atom is 0.168 e. The van der Waals surface area contributed by atoms with Gasteiger partial charge in [-0.2, -0.15) is 0 Å². The lowest BCUT2D eigenvalue weighted by atomic mass is 9.99. The molecule has 2 aliphatic rings. The fourth-order valence-corrected chi connectivity index (χ4v) is 4.80. The minimum Gasteiger partial charge on any atom is -0.356 e. The summed E-state index contributed by atoms with van der Waals surface area (Å²) in [7, 11) is 0. The fourth-order valence-electron chi connectivity index (χ4n) is 4.80. The molecule has 7 nitrogen and oxygen atoms in total. The summed E-state index contributed by atoms with van der Waals surface area (Å²) in [5.74, 6) is 1.36. The molecule has 1 saturated heterocycles. The van der Waals surface area contributed by atoms with Crippen molar-refractivity contribution in [3.63, 3.8) is 0 Å². The number of hydrogen-bond donors (Lipinski definition) is 1. The summed E-state index contributed by atoms with van der Waals surface area (Å²) in [6.45, 7) is 4.20. The molecule has 1 aliphatic carbocycles. The van der Waals surface area contributed by atoms with E-state index in [1.165, 1.54) is 24.8 Å². The number of nitrogens with zero attached hydrogens (tertiary/aromatic N) is 6. The molecule has 1 atom stereocenters. The van der Waals surface area contributed by atoms with Gasteiger partial charge in [-0.15, -0.1) is 0 Å². The van der Waals surface area contributed by atoms with Crippen LogP contribution in [-0.2, 0) is 0 Å². The molecule has 4 aromatic rings. The van der Waals surface area contributed by atoms with E-state index in [0.29, 0.717) is 23.5 Å². The molecule has 1 aliphatic heterocycles. The molecule has 0 radical (unpaired) electrons. The van der Waals surface area contributed by atoms with Gasteiger partial charge in [0.25, 0.3) is 0 Å². The monoisotopic (exact) mass is 473 g/mol. The molecule has 35 heavy (non-hydrogen) atoms. The SMILES string of the molecule is CC1CCCN(c2nc(-c3ccnc(Nc4ncc(F)cc4F)c3)nc3cncc(C4CC4)c23)C1. The summed E-state index contributed by atoms with van der Waals surface area (Å²) in [6.07, 6.45) is 11.0. The molecule has 0 aromatic carbocycles. The van der Waals surface area contributed by atoms with E-state index in [1.54, 1.807) is 18.5 Å². The lowest BCUT2D eigenvalue weighted by molar-refractivity contribution is 0.445. The molecule has 5 heterocycles. The third-order valence-electron chi connectivity index (χ3n) is 6.66. The van der Waals surface area contributed by atoms with E-state index in [1.807, 2.05) is 12.3 Å². The van der Waals surface area contributed by atoms with Crippen molar-refractivity contribution in [1.29, 1.82) is 0 Å². The first-order valence-electron chi connectivity index (χ1n) is 12.0. The summed E-state index contributed by atoms with van der Waals surface area (Å²) in [6, 6.07) is 4.34. The first-order valence-corrected chi connectivity index (χ1v) is 12.0. The second-order valence-corrected chi connectivity index (χ2v) is 9.50. The maximum atomic E-state index is 14.1. The predicted octanol–water partition coefficient (Wildman–Crippen LogP) is 5.62. The van der Waals surface area contributed by atoms with Crippen molar-refractivity contribution in [2.45, 2.75) is 38.5 Å². The predicted molar refractivity (Wildman–Crippen MR) is 131 cm³/mol. The van der Waals surface area contributed by atoms with Gasteiger partial charge in [0, 0.05) is 42.5 Å². The Hall–Kier alpha value is -3.75. The van der Waals surface area contributed by atoms with Crippen LogP contribution in [-0.4, -0.2) is 38.0 Å². The largest absolute Gasteiger partial charge is 0.356 e. The Bertz CT molecular complexity index is 1410. The van der Waals surface area contributed by atoms with Crippen molar-refractivity contribution < 1.29 is 8.78 Å². The number of anilines is 3. The van der Waals surface area contributed by atoms with Crippen LogP contribution < -0.4 is 10.2 Å². The first-order chi connectivity index (χ1) is 17.0. The Morgan fingerprint density at radius 3 is 2.71 bits per heavy atom. The molecule has 2 fully saturated rings. The molecule has 9 heteroatoms. The third kappa shape index (κ3) is 4.38. The number of fused-ring (bicyclic) bond motifs is 1. The van der Waals surface area contributed by atoms with E-state index in [9.17, 15) is 8.78 Å². The summed E-state index contributed by atoms with van der Waals surface area (Å²) in [5.41, 5.74) is 2.79. The van der Waals surface area contributed by atoms with E-state index in [0.717, 1.165) is 54.1 Å². The maximum absolute atomic E-state index is 14.1. The highest BCUT2D eigenvalue weighted by molar-refractivity contribution is 5.94. The summed E-state index contributed by atoms with van der Waals surface area (Å²) >= 11 is 0. The van der Waals surface area contributed by atoms with Gasteiger partial charge in [0.15, 0.2) is 17.5 Å². The van der Waals surface area contributed by atoms with Gasteiger partial charge in [-0.3, -0.25) is 4.98 Å². The van der Waals surface area contributed by atoms with Crippen LogP contribution in [0.2, 0.25) is 0 Å². The van der Waals surface area contributed by atoms with Crippen LogP contribution in [0.4, 0.5) is 26.2 Å². The molecule has 1 saturated carbocycles. The highest BCUT2D eigenvalue weighted by Crippen LogP contribution is 2.45. The molecule has 0 bridgehead atoms. The molecule has 0 spiro atoms. The molecular formula is C26H25F2N7. The zero-order valence-corrected chi connectivity index (χ0v) is 19.4. The van der Waals surface area contributed by atoms with Crippen molar-refractivity contribution in [1.82, 2.24) is 24.9 Å². The zero-order chi connectivity index (χ0) is 23.9. The van der Waals surface area contributed by atoms with Crippen molar-refractivity contribution >= 4 is 28.4 Å². The second-order valence-electron chi connectivity index (χ2n) is 9.50. The quantitative estimate of drug-likeness (QED) is 0.403. The van der Waals surface area contributed by atoms with Crippen molar-refractivity contribution in [2.75, 3.05) is 23.3 Å². The Morgan fingerprint density at radius 2 is 1.91 bits per heavy atom. The van der Waals surface area contributed by atoms with Gasteiger partial charge in [0.2, 0.25) is 0 Å². The van der Waals surface area contributed by atoms with Gasteiger partial charge in [-0.05, 0) is 55.2 Å². The van der Waals surface area contributed by atoms with Gasteiger partial charge < -0.3 is 10.2 Å². The molecule has 1 unspecified atom stereocenters. The van der Waals surface area contributed by atoms with Gasteiger partial charge in [0.05, 0.1) is 17.9 Å². The Balaban J connectivity index is 1.43.